The van der Waals surface area contributed by atoms with Gasteiger partial charge in [-0.3, -0.25) is 9.59 Å². The van der Waals surface area contributed by atoms with Crippen LogP contribution in [0.15, 0.2) is 18.2 Å². The Morgan fingerprint density at radius 3 is 2.41 bits per heavy atom. The quantitative estimate of drug-likeness (QED) is 0.294. The SMILES string of the molecule is COc1cc(C(=O)CCCN2CC[C@@H](NC(=O)c3cc(Cl)c(N)c4c3OC(C)(C)C4)[C@@H](OC)C2)cc(OC)c1OC. The number of nitrogens with one attached hydrogen (secondary N) is 1. The molecule has 2 aliphatic heterocycles. The van der Waals surface area contributed by atoms with Crippen LogP contribution in [0.5, 0.6) is 23.0 Å². The number of likely N-dealkylation sites (tertiary alicyclic amines) is 1. The molecule has 2 aromatic carbocycles. The minimum atomic E-state index is -0.469. The van der Waals surface area contributed by atoms with Gasteiger partial charge in [-0.25, -0.2) is 0 Å². The summed E-state index contributed by atoms with van der Waals surface area (Å²) in [6.45, 7) is 6.02. The third-order valence-electron chi connectivity index (χ3n) is 7.73. The Morgan fingerprint density at radius 1 is 1.12 bits per heavy atom. The fourth-order valence-corrected chi connectivity index (χ4v) is 5.80. The number of carbonyl (C=O) groups is 2. The van der Waals surface area contributed by atoms with E-state index in [2.05, 4.69) is 10.2 Å². The number of rotatable bonds is 11. The number of benzene rings is 2. The predicted molar refractivity (Wildman–Crippen MR) is 157 cm³/mol. The molecule has 0 unspecified atom stereocenters. The Morgan fingerprint density at radius 2 is 1.80 bits per heavy atom. The molecule has 0 saturated carbocycles. The Labute approximate surface area is 246 Å². The molecule has 1 amide bonds. The van der Waals surface area contributed by atoms with E-state index in [0.717, 1.165) is 18.7 Å². The van der Waals surface area contributed by atoms with E-state index in [9.17, 15) is 9.59 Å². The molecule has 2 aromatic rings. The highest BCUT2D eigenvalue weighted by molar-refractivity contribution is 6.33. The summed E-state index contributed by atoms with van der Waals surface area (Å²) in [6, 6.07) is 4.74. The number of piperidine rings is 1. The van der Waals surface area contributed by atoms with Crippen LogP contribution in [-0.4, -0.2) is 82.4 Å². The largest absolute Gasteiger partial charge is 0.493 e. The van der Waals surface area contributed by atoms with E-state index in [1.165, 1.54) is 21.3 Å². The summed E-state index contributed by atoms with van der Waals surface area (Å²) in [6.07, 6.45) is 2.10. The fraction of sp³-hybridized carbons (Fsp3) is 0.533. The smallest absolute Gasteiger partial charge is 0.255 e. The summed E-state index contributed by atoms with van der Waals surface area (Å²) < 4.78 is 27.9. The number of hydrogen-bond donors (Lipinski definition) is 2. The number of nitrogen functional groups attached to an aromatic ring is 1. The van der Waals surface area contributed by atoms with Crippen molar-refractivity contribution in [1.82, 2.24) is 10.2 Å². The summed E-state index contributed by atoms with van der Waals surface area (Å²) in [5, 5.41) is 3.47. The van der Waals surface area contributed by atoms with Crippen molar-refractivity contribution in [1.29, 1.82) is 0 Å². The van der Waals surface area contributed by atoms with Crippen LogP contribution in [-0.2, 0) is 11.2 Å². The number of Topliss-reactive ketones (excluding diaryl/α,β-unsaturated/α-hetero) is 1. The molecule has 0 aliphatic carbocycles. The molecule has 41 heavy (non-hydrogen) atoms. The second-order valence-electron chi connectivity index (χ2n) is 11.0. The first kappa shape index (κ1) is 30.7. The molecule has 3 N–H and O–H groups in total. The highest BCUT2D eigenvalue weighted by atomic mass is 35.5. The number of methoxy groups -OCH3 is 4. The van der Waals surface area contributed by atoms with Gasteiger partial charge in [0.15, 0.2) is 17.3 Å². The van der Waals surface area contributed by atoms with E-state index < -0.39 is 5.60 Å². The number of fused-ring (bicyclic) bond motifs is 1. The van der Waals surface area contributed by atoms with Gasteiger partial charge in [0.05, 0.1) is 49.7 Å². The Bertz CT molecular complexity index is 1270. The van der Waals surface area contributed by atoms with Gasteiger partial charge in [-0.2, -0.15) is 0 Å². The third-order valence-corrected chi connectivity index (χ3v) is 8.04. The van der Waals surface area contributed by atoms with Crippen molar-refractivity contribution in [2.45, 2.75) is 57.3 Å². The van der Waals surface area contributed by atoms with Crippen LogP contribution in [0.25, 0.3) is 0 Å². The Balaban J connectivity index is 1.34. The summed E-state index contributed by atoms with van der Waals surface area (Å²) in [7, 11) is 6.22. The topological polar surface area (TPSA) is 122 Å². The van der Waals surface area contributed by atoms with Crippen molar-refractivity contribution in [3.63, 3.8) is 0 Å². The van der Waals surface area contributed by atoms with E-state index in [4.69, 9.17) is 41.0 Å². The molecule has 2 heterocycles. The molecule has 0 bridgehead atoms. The van der Waals surface area contributed by atoms with Gasteiger partial charge >= 0.3 is 0 Å². The van der Waals surface area contributed by atoms with Gasteiger partial charge in [0.1, 0.15) is 11.4 Å². The van der Waals surface area contributed by atoms with Gasteiger partial charge in [-0.05, 0) is 51.4 Å². The average Bonchev–Trinajstić information content (AvgIpc) is 3.29. The highest BCUT2D eigenvalue weighted by Crippen LogP contribution is 2.44. The lowest BCUT2D eigenvalue weighted by Gasteiger charge is -2.38. The predicted octanol–water partition coefficient (Wildman–Crippen LogP) is 4.14. The average molecular weight is 590 g/mol. The molecule has 4 rings (SSSR count). The fourth-order valence-electron chi connectivity index (χ4n) is 5.58. The molecule has 11 heteroatoms. The minimum Gasteiger partial charge on any atom is -0.493 e. The molecule has 0 spiro atoms. The maximum atomic E-state index is 13.4. The van der Waals surface area contributed by atoms with Gasteiger partial charge in [0.25, 0.3) is 5.91 Å². The maximum Gasteiger partial charge on any atom is 0.255 e. The second-order valence-corrected chi connectivity index (χ2v) is 11.5. The van der Waals surface area contributed by atoms with E-state index in [1.54, 1.807) is 25.3 Å². The second kappa shape index (κ2) is 12.8. The van der Waals surface area contributed by atoms with E-state index in [1.807, 2.05) is 13.8 Å². The van der Waals surface area contributed by atoms with E-state index in [-0.39, 0.29) is 23.8 Å². The Hall–Kier alpha value is -3.21. The monoisotopic (exact) mass is 589 g/mol. The molecule has 2 aliphatic rings. The summed E-state index contributed by atoms with van der Waals surface area (Å²) in [4.78, 5) is 28.6. The molecular weight excluding hydrogens is 550 g/mol. The highest BCUT2D eigenvalue weighted by Gasteiger charge is 2.37. The van der Waals surface area contributed by atoms with Gasteiger partial charge in [-0.15, -0.1) is 0 Å². The molecule has 1 saturated heterocycles. The van der Waals surface area contributed by atoms with E-state index in [0.29, 0.717) is 77.1 Å². The number of halogens is 1. The van der Waals surface area contributed by atoms with Crippen LogP contribution in [0, 0.1) is 0 Å². The van der Waals surface area contributed by atoms with Crippen LogP contribution in [0.2, 0.25) is 5.02 Å². The Kier molecular flexibility index (Phi) is 9.56. The first-order valence-corrected chi connectivity index (χ1v) is 14.1. The molecule has 0 radical (unpaired) electrons. The van der Waals surface area contributed by atoms with Gasteiger partial charge < -0.3 is 39.6 Å². The zero-order chi connectivity index (χ0) is 29.9. The number of hydrogen-bond acceptors (Lipinski definition) is 9. The van der Waals surface area contributed by atoms with Crippen molar-refractivity contribution in [2.75, 3.05) is 53.8 Å². The van der Waals surface area contributed by atoms with Crippen molar-refractivity contribution >= 4 is 29.0 Å². The lowest BCUT2D eigenvalue weighted by Crippen LogP contribution is -2.55. The van der Waals surface area contributed by atoms with Crippen molar-refractivity contribution in [3.05, 3.63) is 39.9 Å². The van der Waals surface area contributed by atoms with Crippen molar-refractivity contribution in [3.8, 4) is 23.0 Å². The standard InChI is InChI=1S/C30H40ClN3O7/c1-30(2)15-19-26(32)20(31)14-18(27(19)41-30)29(36)33-21-9-11-34(16-25(21)39-5)10-7-8-22(35)17-12-23(37-3)28(40-6)24(13-17)38-4/h12-14,21,25H,7-11,15-16,32H2,1-6H3,(H,33,36)/t21-,25+/m1/s1. The summed E-state index contributed by atoms with van der Waals surface area (Å²) in [5.74, 6) is 1.57. The molecule has 0 aromatic heterocycles. The number of carbonyl (C=O) groups excluding carboxylic acids is 2. The summed E-state index contributed by atoms with van der Waals surface area (Å²) in [5.41, 5.74) is 7.84. The van der Waals surface area contributed by atoms with Gasteiger partial charge in [-0.1, -0.05) is 11.6 Å². The minimum absolute atomic E-state index is 0.00483. The van der Waals surface area contributed by atoms with Crippen molar-refractivity contribution in [2.24, 2.45) is 0 Å². The lowest BCUT2D eigenvalue weighted by molar-refractivity contribution is 0.00601. The number of ketones is 1. The molecule has 224 valence electrons. The molecule has 1 fully saturated rings. The zero-order valence-electron chi connectivity index (χ0n) is 24.6. The first-order chi connectivity index (χ1) is 19.5. The molecular formula is C30H40ClN3O7. The number of anilines is 1. The number of amides is 1. The maximum absolute atomic E-state index is 13.4. The normalized spacial score (nSPS) is 19.7. The lowest BCUT2D eigenvalue weighted by atomic mass is 9.97. The van der Waals surface area contributed by atoms with E-state index >= 15 is 0 Å². The number of nitrogens with zero attached hydrogens (tertiary/aromatic N) is 1. The van der Waals surface area contributed by atoms with Crippen LogP contribution < -0.4 is 30.0 Å². The number of ether oxygens (including phenoxy) is 5. The zero-order valence-corrected chi connectivity index (χ0v) is 25.4. The van der Waals surface area contributed by atoms with Crippen LogP contribution in [0.3, 0.4) is 0 Å². The van der Waals surface area contributed by atoms with Crippen LogP contribution >= 0.6 is 11.6 Å². The molecule has 10 nitrogen and oxygen atoms in total. The third kappa shape index (κ3) is 6.66. The van der Waals surface area contributed by atoms with Crippen LogP contribution in [0.1, 0.15) is 59.4 Å². The molecule has 2 atom stereocenters. The van der Waals surface area contributed by atoms with Gasteiger partial charge in [0, 0.05) is 44.2 Å². The van der Waals surface area contributed by atoms with Crippen LogP contribution in [0.4, 0.5) is 5.69 Å². The summed E-state index contributed by atoms with van der Waals surface area (Å²) >= 11 is 6.37. The first-order valence-electron chi connectivity index (χ1n) is 13.7. The van der Waals surface area contributed by atoms with Gasteiger partial charge in [0.2, 0.25) is 5.75 Å². The van der Waals surface area contributed by atoms with Crippen molar-refractivity contribution < 1.29 is 33.3 Å². The number of nitrogens with two attached hydrogens (primary N) is 1.